The molecule has 8 heteroatoms. The number of aryl methyl sites for hydroxylation is 3. The summed E-state index contributed by atoms with van der Waals surface area (Å²) < 4.78 is 14.0. The molecule has 2 aromatic heterocycles. The summed E-state index contributed by atoms with van der Waals surface area (Å²) in [4.78, 5) is 19.8. The molecule has 1 saturated heterocycles. The van der Waals surface area contributed by atoms with Crippen LogP contribution in [0.25, 0.3) is 10.2 Å². The third-order valence-electron chi connectivity index (χ3n) is 5.13. The topological polar surface area (TPSA) is 69.5 Å². The van der Waals surface area contributed by atoms with Crippen LogP contribution in [0.15, 0.2) is 18.2 Å². The first kappa shape index (κ1) is 18.9. The number of carbonyl (C=O) groups excluding carboxylic acids is 1. The number of ether oxygens (including phenoxy) is 2. The van der Waals surface area contributed by atoms with E-state index in [1.165, 1.54) is 11.3 Å². The quantitative estimate of drug-likeness (QED) is 0.656. The van der Waals surface area contributed by atoms with E-state index in [4.69, 9.17) is 14.5 Å². The number of hydrogen-bond donors (Lipinski definition) is 0. The van der Waals surface area contributed by atoms with Crippen molar-refractivity contribution in [3.63, 3.8) is 0 Å². The van der Waals surface area contributed by atoms with Crippen LogP contribution in [0, 0.1) is 13.8 Å². The summed E-state index contributed by atoms with van der Waals surface area (Å²) in [6.45, 7) is 5.18. The molecule has 1 atom stereocenters. The monoisotopic (exact) mass is 400 g/mol. The van der Waals surface area contributed by atoms with Crippen LogP contribution in [0.4, 0.5) is 5.13 Å². The lowest BCUT2D eigenvalue weighted by atomic mass is 10.2. The van der Waals surface area contributed by atoms with E-state index in [-0.39, 0.29) is 12.0 Å². The number of aromatic nitrogens is 3. The van der Waals surface area contributed by atoms with Crippen molar-refractivity contribution in [2.45, 2.75) is 32.8 Å². The van der Waals surface area contributed by atoms with Gasteiger partial charge in [0.2, 0.25) is 0 Å². The smallest absolute Gasteiger partial charge is 0.280 e. The van der Waals surface area contributed by atoms with Gasteiger partial charge in [-0.3, -0.25) is 14.4 Å². The molecule has 0 bridgehead atoms. The second-order valence-electron chi connectivity index (χ2n) is 7.10. The summed E-state index contributed by atoms with van der Waals surface area (Å²) in [7, 11) is 3.47. The molecule has 3 aromatic rings. The predicted octanol–water partition coefficient (Wildman–Crippen LogP) is 3.48. The zero-order valence-corrected chi connectivity index (χ0v) is 17.4. The predicted molar refractivity (Wildman–Crippen MR) is 110 cm³/mol. The van der Waals surface area contributed by atoms with Gasteiger partial charge in [0.1, 0.15) is 11.3 Å². The van der Waals surface area contributed by atoms with E-state index in [1.54, 1.807) is 16.7 Å². The fourth-order valence-corrected chi connectivity index (χ4v) is 4.48. The standard InChI is InChI=1S/C20H24N4O3S/c1-12-7-8-16(26-4)17-18(12)28-20(21-17)24(11-14-6-5-9-27-14)19(25)15-10-13(2)23(3)22-15/h7-8,10,14H,5-6,9,11H2,1-4H3. The molecule has 1 aromatic carbocycles. The van der Waals surface area contributed by atoms with Crippen LogP contribution in [-0.2, 0) is 11.8 Å². The first-order chi connectivity index (χ1) is 13.5. The number of anilines is 1. The van der Waals surface area contributed by atoms with E-state index >= 15 is 0 Å². The molecule has 1 unspecified atom stereocenters. The second-order valence-corrected chi connectivity index (χ2v) is 8.08. The Morgan fingerprint density at radius 3 is 2.89 bits per heavy atom. The van der Waals surface area contributed by atoms with E-state index in [1.807, 2.05) is 39.1 Å². The van der Waals surface area contributed by atoms with Gasteiger partial charge in [0.15, 0.2) is 10.8 Å². The lowest BCUT2D eigenvalue weighted by Crippen LogP contribution is -2.37. The van der Waals surface area contributed by atoms with Crippen molar-refractivity contribution in [1.82, 2.24) is 14.8 Å². The lowest BCUT2D eigenvalue weighted by Gasteiger charge is -2.22. The third-order valence-corrected chi connectivity index (χ3v) is 6.34. The van der Waals surface area contributed by atoms with E-state index in [2.05, 4.69) is 5.10 Å². The van der Waals surface area contributed by atoms with Crippen molar-refractivity contribution < 1.29 is 14.3 Å². The molecule has 0 saturated carbocycles. The number of amides is 1. The molecule has 1 aliphatic rings. The number of nitrogens with zero attached hydrogens (tertiary/aromatic N) is 4. The average Bonchev–Trinajstić information content (AvgIpc) is 3.41. The van der Waals surface area contributed by atoms with Crippen molar-refractivity contribution in [1.29, 1.82) is 0 Å². The molecule has 1 fully saturated rings. The Labute approximate surface area is 167 Å². The van der Waals surface area contributed by atoms with E-state index in [0.717, 1.165) is 40.9 Å². The Hall–Kier alpha value is -2.45. The van der Waals surface area contributed by atoms with Crippen molar-refractivity contribution in [2.75, 3.05) is 25.2 Å². The molecule has 0 radical (unpaired) electrons. The van der Waals surface area contributed by atoms with Crippen LogP contribution in [0.2, 0.25) is 0 Å². The minimum absolute atomic E-state index is 0.0174. The summed E-state index contributed by atoms with van der Waals surface area (Å²) in [5.74, 6) is 0.552. The maximum absolute atomic E-state index is 13.3. The molecule has 3 heterocycles. The van der Waals surface area contributed by atoms with Crippen molar-refractivity contribution in [3.05, 3.63) is 35.2 Å². The molecule has 7 nitrogen and oxygen atoms in total. The van der Waals surface area contributed by atoms with Gasteiger partial charge in [-0.15, -0.1) is 0 Å². The zero-order chi connectivity index (χ0) is 19.8. The molecule has 28 heavy (non-hydrogen) atoms. The molecular weight excluding hydrogens is 376 g/mol. The molecule has 0 N–H and O–H groups in total. The first-order valence-electron chi connectivity index (χ1n) is 9.36. The number of hydrogen-bond acceptors (Lipinski definition) is 6. The van der Waals surface area contributed by atoms with E-state index in [0.29, 0.717) is 23.1 Å². The van der Waals surface area contributed by atoms with Gasteiger partial charge in [0.05, 0.1) is 24.5 Å². The highest BCUT2D eigenvalue weighted by Crippen LogP contribution is 2.37. The summed E-state index contributed by atoms with van der Waals surface area (Å²) in [5.41, 5.74) is 3.24. The van der Waals surface area contributed by atoms with Crippen molar-refractivity contribution >= 4 is 32.6 Å². The van der Waals surface area contributed by atoms with Crippen LogP contribution in [0.3, 0.4) is 0 Å². The Morgan fingerprint density at radius 2 is 2.25 bits per heavy atom. The van der Waals surface area contributed by atoms with Gasteiger partial charge in [-0.25, -0.2) is 4.98 Å². The maximum Gasteiger partial charge on any atom is 0.280 e. The fourth-order valence-electron chi connectivity index (χ4n) is 3.42. The largest absolute Gasteiger partial charge is 0.494 e. The number of fused-ring (bicyclic) bond motifs is 1. The van der Waals surface area contributed by atoms with Crippen LogP contribution in [-0.4, -0.2) is 47.0 Å². The SMILES string of the molecule is COc1ccc(C)c2sc(N(CC3CCCO3)C(=O)c3cc(C)n(C)n3)nc12. The van der Waals surface area contributed by atoms with Gasteiger partial charge >= 0.3 is 0 Å². The highest BCUT2D eigenvalue weighted by Gasteiger charge is 2.29. The van der Waals surface area contributed by atoms with Gasteiger partial charge in [0, 0.05) is 19.3 Å². The number of thiazole rings is 1. The second kappa shape index (κ2) is 7.52. The maximum atomic E-state index is 13.3. The minimum Gasteiger partial charge on any atom is -0.494 e. The summed E-state index contributed by atoms with van der Waals surface area (Å²) >= 11 is 1.50. The Morgan fingerprint density at radius 1 is 1.43 bits per heavy atom. The van der Waals surface area contributed by atoms with Gasteiger partial charge in [-0.05, 0) is 44.4 Å². The number of carbonyl (C=O) groups is 1. The molecule has 0 aliphatic carbocycles. The lowest BCUT2D eigenvalue weighted by molar-refractivity contribution is 0.0913. The number of benzene rings is 1. The van der Waals surface area contributed by atoms with Gasteiger partial charge < -0.3 is 9.47 Å². The highest BCUT2D eigenvalue weighted by atomic mass is 32.1. The normalized spacial score (nSPS) is 16.6. The van der Waals surface area contributed by atoms with Crippen molar-refractivity contribution in [2.24, 2.45) is 7.05 Å². The minimum atomic E-state index is -0.158. The summed E-state index contributed by atoms with van der Waals surface area (Å²) in [6.07, 6.45) is 1.98. The van der Waals surface area contributed by atoms with Crippen LogP contribution >= 0.6 is 11.3 Å². The average molecular weight is 401 g/mol. The number of methoxy groups -OCH3 is 1. The highest BCUT2D eigenvalue weighted by molar-refractivity contribution is 7.22. The van der Waals surface area contributed by atoms with Gasteiger partial charge in [0.25, 0.3) is 5.91 Å². The van der Waals surface area contributed by atoms with E-state index < -0.39 is 0 Å². The molecule has 0 spiro atoms. The number of rotatable bonds is 5. The van der Waals surface area contributed by atoms with Crippen molar-refractivity contribution in [3.8, 4) is 5.75 Å². The Bertz CT molecular complexity index is 1000. The zero-order valence-electron chi connectivity index (χ0n) is 16.6. The summed E-state index contributed by atoms with van der Waals surface area (Å²) in [5, 5.41) is 5.02. The third kappa shape index (κ3) is 3.38. The molecular formula is C20H24N4O3S. The van der Waals surface area contributed by atoms with Crippen LogP contribution < -0.4 is 9.64 Å². The fraction of sp³-hybridized carbons (Fsp3) is 0.450. The van der Waals surface area contributed by atoms with Gasteiger partial charge in [-0.1, -0.05) is 17.4 Å². The molecule has 4 rings (SSSR count). The Kier molecular flexibility index (Phi) is 5.07. The molecule has 148 valence electrons. The van der Waals surface area contributed by atoms with E-state index in [9.17, 15) is 4.79 Å². The van der Waals surface area contributed by atoms with Gasteiger partial charge in [-0.2, -0.15) is 5.10 Å². The van der Waals surface area contributed by atoms with Crippen LogP contribution in [0.1, 0.15) is 34.6 Å². The van der Waals surface area contributed by atoms with Crippen LogP contribution in [0.5, 0.6) is 5.75 Å². The first-order valence-corrected chi connectivity index (χ1v) is 10.2. The molecule has 1 aliphatic heterocycles. The Balaban J connectivity index is 1.77. The summed E-state index contributed by atoms with van der Waals surface area (Å²) in [6, 6.07) is 5.73. The molecule has 1 amide bonds.